The van der Waals surface area contributed by atoms with Crippen molar-refractivity contribution in [3.8, 4) is 24.3 Å². The predicted octanol–water partition coefficient (Wildman–Crippen LogP) is 0.417. The van der Waals surface area contributed by atoms with E-state index in [0.29, 0.717) is 8.47 Å². The Balaban J connectivity index is -0.000000137. The fraction of sp³-hybridized carbons (Fsp3) is 0.500. The van der Waals surface area contributed by atoms with E-state index in [1.165, 1.54) is 30.7 Å². The molecule has 0 aromatic rings. The minimum Gasteiger partial charge on any atom is -0.325 e. The molecular weight excluding hydrogens is 449 g/mol. The number of nitriles is 4. The van der Waals surface area contributed by atoms with Crippen LogP contribution in [-0.4, -0.2) is 30.7 Å². The van der Waals surface area contributed by atoms with Crippen LogP contribution in [0.3, 0.4) is 0 Å². The van der Waals surface area contributed by atoms with Gasteiger partial charge in [-0.05, 0) is 27.7 Å². The molecule has 0 fully saturated rings. The third-order valence-electron chi connectivity index (χ3n) is 3.63. The fourth-order valence-corrected chi connectivity index (χ4v) is 2.06. The summed E-state index contributed by atoms with van der Waals surface area (Å²) in [7, 11) is 0. The molecule has 0 heterocycles. The van der Waals surface area contributed by atoms with E-state index in [9.17, 15) is 0 Å². The van der Waals surface area contributed by atoms with Crippen molar-refractivity contribution in [3.05, 3.63) is 19.6 Å². The SMILES string of the molecule is CC[N+](CC)(CC)CC.N#CC(C#N)=C([SH2+])[SH2+].N#CC(C#N)=C([SH2+])[SH2+].[Co+2]. The zero-order valence-electron chi connectivity index (χ0n) is 15.4. The number of nitrogens with zero attached hydrogens (tertiary/aromatic N) is 5. The number of hydrogen-bond donors (Lipinski definition) is 0. The second-order valence-corrected chi connectivity index (χ2v) is 7.55. The Hall–Kier alpha value is -0.694. The van der Waals surface area contributed by atoms with E-state index in [-0.39, 0.29) is 27.9 Å². The molecule has 0 unspecified atom stereocenters. The maximum atomic E-state index is 8.10. The molecular formula is C16H28CoN5S4+7. The molecule has 0 aromatic heterocycles. The van der Waals surface area contributed by atoms with E-state index >= 15 is 0 Å². The van der Waals surface area contributed by atoms with E-state index in [0.717, 1.165) is 0 Å². The topological polar surface area (TPSA) is 95.2 Å². The van der Waals surface area contributed by atoms with Crippen molar-refractivity contribution >= 4 is 50.5 Å². The monoisotopic (exact) mass is 477 g/mol. The first-order valence-electron chi connectivity index (χ1n) is 7.49. The number of quaternary nitrogens is 1. The van der Waals surface area contributed by atoms with Gasteiger partial charge < -0.3 is 4.48 Å². The maximum Gasteiger partial charge on any atom is 2.00 e. The summed E-state index contributed by atoms with van der Waals surface area (Å²) in [4.78, 5) is 0. The first-order valence-corrected chi connectivity index (χ1v) is 9.49. The van der Waals surface area contributed by atoms with Gasteiger partial charge in [-0.25, -0.2) is 0 Å². The van der Waals surface area contributed by atoms with E-state index in [2.05, 4.69) is 78.2 Å². The minimum atomic E-state index is 0. The van der Waals surface area contributed by atoms with Crippen LogP contribution in [0.25, 0.3) is 0 Å². The summed E-state index contributed by atoms with van der Waals surface area (Å²) in [6, 6.07) is 6.69. The molecule has 0 saturated heterocycles. The van der Waals surface area contributed by atoms with Crippen molar-refractivity contribution in [3.63, 3.8) is 0 Å². The van der Waals surface area contributed by atoms with Crippen molar-refractivity contribution in [2.24, 2.45) is 0 Å². The average Bonchev–Trinajstić information content (AvgIpc) is 2.60. The zero-order chi connectivity index (χ0) is 20.5. The molecule has 10 heteroatoms. The van der Waals surface area contributed by atoms with Crippen LogP contribution in [0.2, 0.25) is 0 Å². The molecule has 0 saturated carbocycles. The second kappa shape index (κ2) is 20.6. The van der Waals surface area contributed by atoms with E-state index in [4.69, 9.17) is 21.0 Å². The summed E-state index contributed by atoms with van der Waals surface area (Å²) in [5.74, 6) is 0. The van der Waals surface area contributed by atoms with Crippen LogP contribution in [0.4, 0.5) is 0 Å². The molecule has 143 valence electrons. The molecule has 1 radical (unpaired) electrons. The van der Waals surface area contributed by atoms with Crippen LogP contribution in [0.1, 0.15) is 27.7 Å². The molecule has 0 atom stereocenters. The Labute approximate surface area is 189 Å². The van der Waals surface area contributed by atoms with Gasteiger partial charge in [-0.2, -0.15) is 21.0 Å². The Kier molecular flexibility index (Phi) is 26.1. The van der Waals surface area contributed by atoms with Crippen molar-refractivity contribution in [2.45, 2.75) is 27.7 Å². The third kappa shape index (κ3) is 15.6. The zero-order valence-corrected chi connectivity index (χ0v) is 20.4. The summed E-state index contributed by atoms with van der Waals surface area (Å²) in [5.41, 5.74) is 0.0802. The summed E-state index contributed by atoms with van der Waals surface area (Å²) < 4.78 is 2.05. The molecule has 26 heavy (non-hydrogen) atoms. The first kappa shape index (κ1) is 32.9. The summed E-state index contributed by atoms with van der Waals surface area (Å²) in [6.45, 7) is 14.2. The van der Waals surface area contributed by atoms with Gasteiger partial charge in [0.1, 0.15) is 24.3 Å². The fourth-order valence-electron chi connectivity index (χ4n) is 1.62. The Bertz CT molecular complexity index is 525. The van der Waals surface area contributed by atoms with Gasteiger partial charge in [0, 0.05) is 50.5 Å². The molecule has 0 aliphatic heterocycles. The average molecular weight is 478 g/mol. The number of allylic oxidation sites excluding steroid dienone is 2. The molecule has 0 rings (SSSR count). The Morgan fingerprint density at radius 3 is 0.808 bits per heavy atom. The van der Waals surface area contributed by atoms with Gasteiger partial charge in [-0.3, -0.25) is 0 Å². The van der Waals surface area contributed by atoms with Crippen LogP contribution >= 0.6 is 0 Å². The van der Waals surface area contributed by atoms with E-state index < -0.39 is 0 Å². The van der Waals surface area contributed by atoms with Crippen molar-refractivity contribution in [1.82, 2.24) is 0 Å². The Morgan fingerprint density at radius 2 is 0.808 bits per heavy atom. The van der Waals surface area contributed by atoms with Crippen molar-refractivity contribution in [1.29, 1.82) is 21.0 Å². The third-order valence-corrected chi connectivity index (χ3v) is 4.63. The predicted molar refractivity (Wildman–Crippen MR) is 120 cm³/mol. The first-order chi connectivity index (χ1) is 11.7. The van der Waals surface area contributed by atoms with Gasteiger partial charge in [0.2, 0.25) is 11.1 Å². The van der Waals surface area contributed by atoms with Gasteiger partial charge in [0.25, 0.3) is 0 Å². The van der Waals surface area contributed by atoms with Crippen LogP contribution in [0, 0.1) is 45.3 Å². The normalized spacial score (nSPS) is 8.15. The summed E-state index contributed by atoms with van der Waals surface area (Å²) >= 11 is 11.8. The molecule has 0 amide bonds. The molecule has 0 aromatic carbocycles. The molecule has 0 spiro atoms. The Morgan fingerprint density at radius 1 is 0.615 bits per heavy atom. The van der Waals surface area contributed by atoms with Gasteiger partial charge in [0.15, 0.2) is 0 Å². The van der Waals surface area contributed by atoms with E-state index in [1.54, 1.807) is 24.3 Å². The molecule has 0 N–H and O–H groups in total. The standard InChI is InChI=1S/C8H20N.2C4H2N2S2.Co/c1-5-9(6-2,7-3)8-4;2*5-1-3(2-6)4(7)8;/h5-8H2,1-4H3;2*7-8H;/q+1;;;+2/p+4. The smallest absolute Gasteiger partial charge is 0.325 e. The van der Waals surface area contributed by atoms with Crippen molar-refractivity contribution < 1.29 is 21.3 Å². The van der Waals surface area contributed by atoms with Crippen molar-refractivity contribution in [2.75, 3.05) is 26.2 Å². The molecule has 0 aliphatic rings. The van der Waals surface area contributed by atoms with Crippen LogP contribution in [-0.2, 0) is 67.3 Å². The van der Waals surface area contributed by atoms with Crippen LogP contribution in [0.5, 0.6) is 0 Å². The largest absolute Gasteiger partial charge is 2.00 e. The number of hydrogen-bond acceptors (Lipinski definition) is 4. The molecule has 0 bridgehead atoms. The van der Waals surface area contributed by atoms with Crippen LogP contribution in [0.15, 0.2) is 19.6 Å². The van der Waals surface area contributed by atoms with Gasteiger partial charge in [0.05, 0.1) is 26.2 Å². The quantitative estimate of drug-likeness (QED) is 0.333. The van der Waals surface area contributed by atoms with Gasteiger partial charge >= 0.3 is 25.3 Å². The van der Waals surface area contributed by atoms with Gasteiger partial charge in [-0.15, -0.1) is 0 Å². The second-order valence-electron chi connectivity index (χ2n) is 4.55. The molecule has 0 aliphatic carbocycles. The maximum absolute atomic E-state index is 8.10. The van der Waals surface area contributed by atoms with Crippen LogP contribution < -0.4 is 0 Å². The summed E-state index contributed by atoms with van der Waals surface area (Å²) in [6.07, 6.45) is 0. The summed E-state index contributed by atoms with van der Waals surface area (Å²) in [5, 5.41) is 32.4. The van der Waals surface area contributed by atoms with Gasteiger partial charge in [-0.1, -0.05) is 0 Å². The minimum absolute atomic E-state index is 0. The molecule has 5 nitrogen and oxygen atoms in total. The van der Waals surface area contributed by atoms with E-state index in [1.807, 2.05) is 0 Å². The number of rotatable bonds is 4.